The molecule has 1 saturated carbocycles. The predicted molar refractivity (Wildman–Crippen MR) is 129 cm³/mol. The Hall–Kier alpha value is -2.31. The first kappa shape index (κ1) is 24.3. The number of methoxy groups -OCH3 is 2. The molecule has 5 nitrogen and oxygen atoms in total. The Morgan fingerprint density at radius 3 is 1.78 bits per heavy atom. The van der Waals surface area contributed by atoms with Gasteiger partial charge in [0.1, 0.15) is 11.5 Å². The molecule has 0 unspecified atom stereocenters. The first-order chi connectivity index (χ1) is 15.4. The largest absolute Gasteiger partial charge is 0.497 e. The molecule has 1 aliphatic rings. The summed E-state index contributed by atoms with van der Waals surface area (Å²) in [6.45, 7) is 6.54. The fourth-order valence-corrected chi connectivity index (χ4v) is 6.90. The summed E-state index contributed by atoms with van der Waals surface area (Å²) in [4.78, 5) is 0. The van der Waals surface area contributed by atoms with E-state index in [2.05, 4.69) is 6.58 Å². The van der Waals surface area contributed by atoms with Crippen LogP contribution < -0.4 is 9.47 Å². The zero-order valence-corrected chi connectivity index (χ0v) is 20.2. The van der Waals surface area contributed by atoms with Crippen molar-refractivity contribution in [3.05, 3.63) is 72.3 Å². The Balaban J connectivity index is 1.94. The van der Waals surface area contributed by atoms with Gasteiger partial charge in [-0.05, 0) is 66.5 Å². The summed E-state index contributed by atoms with van der Waals surface area (Å²) in [6.07, 6.45) is 5.59. The molecule has 2 aromatic carbocycles. The van der Waals surface area contributed by atoms with Gasteiger partial charge < -0.3 is 9.47 Å². The Bertz CT molecular complexity index is 916. The summed E-state index contributed by atoms with van der Waals surface area (Å²) >= 11 is 0. The predicted octanol–water partition coefficient (Wildman–Crippen LogP) is 5.42. The highest BCUT2D eigenvalue weighted by Gasteiger charge is 2.43. The van der Waals surface area contributed by atoms with Gasteiger partial charge in [0.2, 0.25) is 10.0 Å². The summed E-state index contributed by atoms with van der Waals surface area (Å²) in [5, 5.41) is -0.397. The van der Waals surface area contributed by atoms with Crippen LogP contribution in [-0.4, -0.2) is 32.2 Å². The summed E-state index contributed by atoms with van der Waals surface area (Å²) in [6, 6.07) is 15.2. The molecule has 2 aromatic rings. The van der Waals surface area contributed by atoms with Gasteiger partial charge in [-0.1, -0.05) is 43.7 Å². The van der Waals surface area contributed by atoms with E-state index in [0.29, 0.717) is 19.5 Å². The average molecular weight is 458 g/mol. The summed E-state index contributed by atoms with van der Waals surface area (Å²) in [5.41, 5.74) is 1.87. The van der Waals surface area contributed by atoms with Crippen molar-refractivity contribution in [2.24, 2.45) is 11.8 Å². The monoisotopic (exact) mass is 457 g/mol. The molecular weight excluding hydrogens is 422 g/mol. The fraction of sp³-hybridized carbons (Fsp3) is 0.462. The van der Waals surface area contributed by atoms with E-state index < -0.39 is 15.3 Å². The van der Waals surface area contributed by atoms with E-state index in [0.717, 1.165) is 41.9 Å². The van der Waals surface area contributed by atoms with Gasteiger partial charge in [0, 0.05) is 13.1 Å². The smallest absolute Gasteiger partial charge is 0.218 e. The maximum absolute atomic E-state index is 14.1. The molecule has 0 saturated heterocycles. The molecule has 0 N–H and O–H groups in total. The quantitative estimate of drug-likeness (QED) is 0.400. The van der Waals surface area contributed by atoms with Crippen molar-refractivity contribution in [1.82, 2.24) is 4.31 Å². The minimum Gasteiger partial charge on any atom is -0.497 e. The number of ether oxygens (including phenoxy) is 2. The molecule has 6 heteroatoms. The van der Waals surface area contributed by atoms with E-state index in [1.54, 1.807) is 18.5 Å². The maximum atomic E-state index is 14.1. The Morgan fingerprint density at radius 2 is 1.44 bits per heavy atom. The van der Waals surface area contributed by atoms with Crippen LogP contribution in [0.5, 0.6) is 11.5 Å². The second-order valence-corrected chi connectivity index (χ2v) is 10.8. The third-order valence-corrected chi connectivity index (χ3v) is 8.97. The van der Waals surface area contributed by atoms with Gasteiger partial charge in [0.05, 0.1) is 19.5 Å². The van der Waals surface area contributed by atoms with Crippen LogP contribution in [0.4, 0.5) is 0 Å². The van der Waals surface area contributed by atoms with Gasteiger partial charge in [-0.25, -0.2) is 8.42 Å². The van der Waals surface area contributed by atoms with Crippen molar-refractivity contribution >= 4 is 10.0 Å². The van der Waals surface area contributed by atoms with Crippen molar-refractivity contribution in [2.75, 3.05) is 14.2 Å². The minimum absolute atomic E-state index is 0.0250. The minimum atomic E-state index is -3.55. The lowest BCUT2D eigenvalue weighted by Gasteiger charge is -2.39. The molecule has 2 atom stereocenters. The molecule has 0 spiro atoms. The molecule has 0 radical (unpaired) electrons. The zero-order valence-electron chi connectivity index (χ0n) is 19.4. The van der Waals surface area contributed by atoms with E-state index in [9.17, 15) is 8.42 Å². The van der Waals surface area contributed by atoms with Gasteiger partial charge in [-0.15, -0.1) is 6.58 Å². The van der Waals surface area contributed by atoms with Crippen LogP contribution >= 0.6 is 0 Å². The topological polar surface area (TPSA) is 55.8 Å². The number of hydrogen-bond donors (Lipinski definition) is 0. The van der Waals surface area contributed by atoms with Gasteiger partial charge in [-0.3, -0.25) is 0 Å². The fourth-order valence-electron chi connectivity index (χ4n) is 4.44. The molecule has 0 bridgehead atoms. The van der Waals surface area contributed by atoms with Crippen LogP contribution in [0, 0.1) is 11.8 Å². The van der Waals surface area contributed by atoms with Crippen molar-refractivity contribution in [3.63, 3.8) is 0 Å². The Morgan fingerprint density at radius 1 is 0.969 bits per heavy atom. The Kier molecular flexibility index (Phi) is 8.38. The lowest BCUT2D eigenvalue weighted by Crippen LogP contribution is -2.46. The van der Waals surface area contributed by atoms with Crippen LogP contribution in [0.25, 0.3) is 0 Å². The van der Waals surface area contributed by atoms with Crippen LogP contribution in [0.1, 0.15) is 43.7 Å². The summed E-state index contributed by atoms with van der Waals surface area (Å²) < 4.78 is 40.3. The van der Waals surface area contributed by atoms with Crippen molar-refractivity contribution in [3.8, 4) is 11.5 Å². The standard InChI is InChI=1S/C26H35NO4S/c1-5-7-20(2)26(23-8-6-9-23)32(28,29)27(18-21-10-14-24(30-3)15-11-21)19-22-12-16-25(31-4)17-13-22/h5,10-17,20,23,26H,1,6-9,18-19H2,2-4H3/t20-,26+/m1/s1. The Labute approximate surface area is 193 Å². The van der Waals surface area contributed by atoms with Crippen LogP contribution in [0.2, 0.25) is 0 Å². The third-order valence-electron chi connectivity index (χ3n) is 6.45. The summed E-state index contributed by atoms with van der Waals surface area (Å²) in [7, 11) is -0.300. The normalized spacial score (nSPS) is 16.2. The highest BCUT2D eigenvalue weighted by Crippen LogP contribution is 2.39. The molecular formula is C26H35NO4S. The molecule has 174 valence electrons. The molecule has 0 aromatic heterocycles. The van der Waals surface area contributed by atoms with Gasteiger partial charge in [0.15, 0.2) is 0 Å². The average Bonchev–Trinajstić information content (AvgIpc) is 2.76. The molecule has 0 heterocycles. The molecule has 1 aliphatic carbocycles. The summed E-state index contributed by atoms with van der Waals surface area (Å²) in [5.74, 6) is 1.75. The molecule has 0 aliphatic heterocycles. The SMILES string of the molecule is C=CC[C@@H](C)[C@@H](C1CCC1)S(=O)(=O)N(Cc1ccc(OC)cc1)Cc1ccc(OC)cc1. The number of hydrogen-bond acceptors (Lipinski definition) is 4. The van der Waals surface area contributed by atoms with Gasteiger partial charge >= 0.3 is 0 Å². The van der Waals surface area contributed by atoms with E-state index in [1.807, 2.05) is 61.5 Å². The molecule has 32 heavy (non-hydrogen) atoms. The third kappa shape index (κ3) is 5.73. The van der Waals surface area contributed by atoms with Gasteiger partial charge in [0.25, 0.3) is 0 Å². The van der Waals surface area contributed by atoms with E-state index in [4.69, 9.17) is 9.47 Å². The number of rotatable bonds is 12. The number of nitrogens with zero attached hydrogens (tertiary/aromatic N) is 1. The van der Waals surface area contributed by atoms with Crippen molar-refractivity contribution < 1.29 is 17.9 Å². The highest BCUT2D eigenvalue weighted by atomic mass is 32.2. The number of benzene rings is 2. The zero-order chi connectivity index (χ0) is 23.1. The van der Waals surface area contributed by atoms with Gasteiger partial charge in [-0.2, -0.15) is 4.31 Å². The van der Waals surface area contributed by atoms with E-state index in [-0.39, 0.29) is 11.8 Å². The first-order valence-electron chi connectivity index (χ1n) is 11.2. The second kappa shape index (κ2) is 11.0. The van der Waals surface area contributed by atoms with E-state index >= 15 is 0 Å². The first-order valence-corrected chi connectivity index (χ1v) is 12.7. The molecule has 1 fully saturated rings. The van der Waals surface area contributed by atoms with E-state index in [1.165, 1.54) is 0 Å². The maximum Gasteiger partial charge on any atom is 0.218 e. The molecule has 0 amide bonds. The van der Waals surface area contributed by atoms with Crippen LogP contribution in [-0.2, 0) is 23.1 Å². The highest BCUT2D eigenvalue weighted by molar-refractivity contribution is 7.89. The van der Waals surface area contributed by atoms with Crippen LogP contribution in [0.3, 0.4) is 0 Å². The van der Waals surface area contributed by atoms with Crippen LogP contribution in [0.15, 0.2) is 61.2 Å². The van der Waals surface area contributed by atoms with Crippen molar-refractivity contribution in [1.29, 1.82) is 0 Å². The molecule has 3 rings (SSSR count). The number of allylic oxidation sites excluding steroid dienone is 1. The van der Waals surface area contributed by atoms with Crippen molar-refractivity contribution in [2.45, 2.75) is 50.9 Å². The lowest BCUT2D eigenvalue weighted by atomic mass is 9.78. The number of sulfonamides is 1. The lowest BCUT2D eigenvalue weighted by molar-refractivity contribution is 0.247. The second-order valence-electron chi connectivity index (χ2n) is 8.67.